The Morgan fingerprint density at radius 1 is 1.19 bits per heavy atom. The lowest BCUT2D eigenvalue weighted by Gasteiger charge is -2.08. The molecule has 0 aliphatic rings. The van der Waals surface area contributed by atoms with Gasteiger partial charge in [-0.1, -0.05) is 36.4 Å². The van der Waals surface area contributed by atoms with Crippen LogP contribution >= 0.6 is 0 Å². The second-order valence-corrected chi connectivity index (χ2v) is 6.07. The Hall–Kier alpha value is -3.34. The highest BCUT2D eigenvalue weighted by atomic mass is 16.3. The van der Waals surface area contributed by atoms with E-state index in [1.807, 2.05) is 31.3 Å². The van der Waals surface area contributed by atoms with Crippen LogP contribution in [0.1, 0.15) is 22.5 Å². The molecule has 5 heteroatoms. The second-order valence-electron chi connectivity index (χ2n) is 6.07. The summed E-state index contributed by atoms with van der Waals surface area (Å²) in [6, 6.07) is 14.9. The maximum Gasteiger partial charge on any atom is 0.244 e. The predicted molar refractivity (Wildman–Crippen MR) is 101 cm³/mol. The summed E-state index contributed by atoms with van der Waals surface area (Å²) in [6.45, 7) is 3.19. The van der Waals surface area contributed by atoms with Gasteiger partial charge in [-0.25, -0.2) is 4.98 Å². The fourth-order valence-electron chi connectivity index (χ4n) is 2.65. The van der Waals surface area contributed by atoms with Crippen molar-refractivity contribution in [2.75, 3.05) is 0 Å². The lowest BCUT2D eigenvalue weighted by Crippen LogP contribution is -2.20. The van der Waals surface area contributed by atoms with Gasteiger partial charge in [0.1, 0.15) is 11.6 Å². The standard InChI is InChI=1S/C21H21N3O2/c1-16-22-10-11-24(16)15-19-6-2-5-18(12-19)14-23-21(26)9-8-17-4-3-7-20(25)13-17/h2-13,25H,14-15H2,1H3,(H,23,26). The van der Waals surface area contributed by atoms with Crippen molar-refractivity contribution >= 4 is 12.0 Å². The molecule has 1 heterocycles. The fraction of sp³-hybridized carbons (Fsp3) is 0.143. The van der Waals surface area contributed by atoms with Gasteiger partial charge in [0.15, 0.2) is 0 Å². The van der Waals surface area contributed by atoms with Crippen LogP contribution in [-0.2, 0) is 17.9 Å². The molecule has 0 bridgehead atoms. The molecule has 3 aromatic rings. The summed E-state index contributed by atoms with van der Waals surface area (Å²) < 4.78 is 2.08. The van der Waals surface area contributed by atoms with Crippen molar-refractivity contribution in [3.05, 3.63) is 89.5 Å². The Bertz CT molecular complexity index is 928. The van der Waals surface area contributed by atoms with Crippen molar-refractivity contribution < 1.29 is 9.90 Å². The number of aromatic hydroxyl groups is 1. The van der Waals surface area contributed by atoms with Crippen LogP contribution in [0.3, 0.4) is 0 Å². The van der Waals surface area contributed by atoms with E-state index >= 15 is 0 Å². The first-order valence-electron chi connectivity index (χ1n) is 8.40. The molecule has 0 saturated heterocycles. The third-order valence-electron chi connectivity index (χ3n) is 4.03. The van der Waals surface area contributed by atoms with Crippen molar-refractivity contribution in [2.24, 2.45) is 0 Å². The lowest BCUT2D eigenvalue weighted by atomic mass is 10.1. The van der Waals surface area contributed by atoms with E-state index in [9.17, 15) is 9.90 Å². The summed E-state index contributed by atoms with van der Waals surface area (Å²) in [4.78, 5) is 16.2. The third kappa shape index (κ3) is 4.83. The van der Waals surface area contributed by atoms with Gasteiger partial charge >= 0.3 is 0 Å². The number of carbonyl (C=O) groups is 1. The van der Waals surface area contributed by atoms with E-state index in [0.29, 0.717) is 6.54 Å². The predicted octanol–water partition coefficient (Wildman–Crippen LogP) is 3.28. The highest BCUT2D eigenvalue weighted by Gasteiger charge is 2.02. The minimum Gasteiger partial charge on any atom is -0.508 e. The van der Waals surface area contributed by atoms with Crippen LogP contribution < -0.4 is 5.32 Å². The van der Waals surface area contributed by atoms with Gasteiger partial charge < -0.3 is 15.0 Å². The smallest absolute Gasteiger partial charge is 0.244 e. The Morgan fingerprint density at radius 3 is 2.77 bits per heavy atom. The van der Waals surface area contributed by atoms with Crippen LogP contribution in [0.5, 0.6) is 5.75 Å². The van der Waals surface area contributed by atoms with E-state index in [1.54, 1.807) is 30.5 Å². The molecule has 0 aliphatic heterocycles. The first kappa shape index (κ1) is 17.5. The summed E-state index contributed by atoms with van der Waals surface area (Å²) in [5.74, 6) is 0.975. The number of hydrogen-bond acceptors (Lipinski definition) is 3. The molecule has 0 saturated carbocycles. The van der Waals surface area contributed by atoms with E-state index in [2.05, 4.69) is 27.0 Å². The third-order valence-corrected chi connectivity index (χ3v) is 4.03. The van der Waals surface area contributed by atoms with Crippen molar-refractivity contribution in [2.45, 2.75) is 20.0 Å². The summed E-state index contributed by atoms with van der Waals surface area (Å²) in [5, 5.41) is 12.3. The summed E-state index contributed by atoms with van der Waals surface area (Å²) in [5.41, 5.74) is 2.98. The minimum atomic E-state index is -0.177. The normalized spacial score (nSPS) is 11.0. The minimum absolute atomic E-state index is 0.177. The van der Waals surface area contributed by atoms with Gasteiger partial charge in [-0.2, -0.15) is 0 Å². The maximum absolute atomic E-state index is 12.0. The molecule has 3 rings (SSSR count). The Balaban J connectivity index is 1.56. The first-order chi connectivity index (χ1) is 12.6. The fourth-order valence-corrected chi connectivity index (χ4v) is 2.65. The number of nitrogens with zero attached hydrogens (tertiary/aromatic N) is 2. The van der Waals surface area contributed by atoms with E-state index in [-0.39, 0.29) is 11.7 Å². The van der Waals surface area contributed by atoms with Crippen molar-refractivity contribution in [3.8, 4) is 5.75 Å². The van der Waals surface area contributed by atoms with Gasteiger partial charge in [0.25, 0.3) is 0 Å². The molecule has 0 radical (unpaired) electrons. The lowest BCUT2D eigenvalue weighted by molar-refractivity contribution is -0.116. The van der Waals surface area contributed by atoms with Crippen LogP contribution in [0.25, 0.3) is 6.08 Å². The Labute approximate surface area is 152 Å². The van der Waals surface area contributed by atoms with Crippen LogP contribution in [-0.4, -0.2) is 20.6 Å². The van der Waals surface area contributed by atoms with E-state index < -0.39 is 0 Å². The average molecular weight is 347 g/mol. The maximum atomic E-state index is 12.0. The molecular formula is C21H21N3O2. The molecule has 132 valence electrons. The largest absolute Gasteiger partial charge is 0.508 e. The molecule has 0 spiro atoms. The van der Waals surface area contributed by atoms with Gasteiger partial charge in [-0.05, 0) is 41.8 Å². The number of aromatic nitrogens is 2. The first-order valence-corrected chi connectivity index (χ1v) is 8.40. The highest BCUT2D eigenvalue weighted by molar-refractivity contribution is 5.91. The molecule has 2 N–H and O–H groups in total. The summed E-state index contributed by atoms with van der Waals surface area (Å²) in [7, 11) is 0. The number of amides is 1. The number of hydrogen-bond donors (Lipinski definition) is 2. The molecule has 0 aliphatic carbocycles. The molecule has 26 heavy (non-hydrogen) atoms. The highest BCUT2D eigenvalue weighted by Crippen LogP contribution is 2.12. The zero-order chi connectivity index (χ0) is 18.4. The van der Waals surface area contributed by atoms with Gasteiger partial charge in [0.2, 0.25) is 5.91 Å². The molecule has 1 aromatic heterocycles. The zero-order valence-corrected chi connectivity index (χ0v) is 14.6. The van der Waals surface area contributed by atoms with Gasteiger partial charge in [-0.3, -0.25) is 4.79 Å². The molecule has 0 unspecified atom stereocenters. The molecule has 2 aromatic carbocycles. The Kier molecular flexibility index (Phi) is 5.49. The Morgan fingerprint density at radius 2 is 2.00 bits per heavy atom. The van der Waals surface area contributed by atoms with E-state index in [4.69, 9.17) is 0 Å². The average Bonchev–Trinajstić information content (AvgIpc) is 3.03. The number of rotatable bonds is 6. The molecule has 1 amide bonds. The quantitative estimate of drug-likeness (QED) is 0.673. The van der Waals surface area contributed by atoms with Crippen LogP contribution in [0.4, 0.5) is 0 Å². The van der Waals surface area contributed by atoms with Crippen LogP contribution in [0, 0.1) is 6.92 Å². The number of phenols is 1. The number of benzene rings is 2. The van der Waals surface area contributed by atoms with Crippen molar-refractivity contribution in [1.29, 1.82) is 0 Å². The van der Waals surface area contributed by atoms with E-state index in [1.165, 1.54) is 6.08 Å². The molecule has 0 atom stereocenters. The van der Waals surface area contributed by atoms with Gasteiger partial charge in [0, 0.05) is 31.6 Å². The monoisotopic (exact) mass is 347 g/mol. The summed E-state index contributed by atoms with van der Waals surface area (Å²) in [6.07, 6.45) is 6.88. The number of phenolic OH excluding ortho intramolecular Hbond substituents is 1. The number of aryl methyl sites for hydroxylation is 1. The van der Waals surface area contributed by atoms with E-state index in [0.717, 1.165) is 29.1 Å². The van der Waals surface area contributed by atoms with Crippen LogP contribution in [0.2, 0.25) is 0 Å². The number of imidazole rings is 1. The topological polar surface area (TPSA) is 67.2 Å². The number of carbonyl (C=O) groups excluding carboxylic acids is 1. The van der Waals surface area contributed by atoms with Crippen molar-refractivity contribution in [3.63, 3.8) is 0 Å². The van der Waals surface area contributed by atoms with Gasteiger partial charge in [0.05, 0.1) is 0 Å². The molecule has 0 fully saturated rings. The number of nitrogens with one attached hydrogen (secondary N) is 1. The SMILES string of the molecule is Cc1nccn1Cc1cccc(CNC(=O)C=Cc2cccc(O)c2)c1. The van der Waals surface area contributed by atoms with Crippen LogP contribution in [0.15, 0.2) is 67.0 Å². The molecular weight excluding hydrogens is 326 g/mol. The van der Waals surface area contributed by atoms with Crippen molar-refractivity contribution in [1.82, 2.24) is 14.9 Å². The zero-order valence-electron chi connectivity index (χ0n) is 14.6. The molecule has 5 nitrogen and oxygen atoms in total. The second kappa shape index (κ2) is 8.16. The van der Waals surface area contributed by atoms with Gasteiger partial charge in [-0.15, -0.1) is 0 Å². The summed E-state index contributed by atoms with van der Waals surface area (Å²) >= 11 is 0.